The van der Waals surface area contributed by atoms with Gasteiger partial charge in [0.05, 0.1) is 0 Å². The van der Waals surface area contributed by atoms with Crippen molar-refractivity contribution in [1.29, 1.82) is 0 Å². The van der Waals surface area contributed by atoms with Crippen molar-refractivity contribution in [3.63, 3.8) is 0 Å². The average Bonchev–Trinajstić information content (AvgIpc) is 3.01. The quantitative estimate of drug-likeness (QED) is 0.200. The molecule has 2 heterocycles. The zero-order valence-corrected chi connectivity index (χ0v) is 146. The van der Waals surface area contributed by atoms with E-state index in [-0.39, 0.29) is 429 Å². The molecule has 2 aliphatic rings. The standard InChI is InChI=1S/C27H9N3O2.14Ra.14H/c1-16-4-8-20-24(12-16)31-26-14-18(6-10-22(26)28-20)30(3)19-7-11-23-27(15-19)32-25-13-17(2)5-9-21(25)29-23;;;;;;;;;;;;;;;;;;;;;;;;;;;;/h1-3H3;;;;;;;;;;;;;;;;;;;;;;;;;;;;/q-2;;;;;;;;;;;;;2*+1;;;;;;;;;;;;;;. The number of hydrogen-bond acceptors (Lipinski definition) is 5. The molecule has 0 aromatic heterocycles. The van der Waals surface area contributed by atoms with Crippen molar-refractivity contribution in [3.05, 3.63) is 11.1 Å². The Hall–Kier alpha value is 16.4. The van der Waals surface area contributed by atoms with Gasteiger partial charge in [-0.05, 0) is 0 Å². The van der Waals surface area contributed by atoms with E-state index in [1.54, 1.807) is 50.1 Å². The molecule has 4 aromatic carbocycles. The van der Waals surface area contributed by atoms with Gasteiger partial charge in [0.25, 0.3) is 0 Å². The predicted octanol–water partition coefficient (Wildman–Crippen LogP) is -6.17. The Balaban J connectivity index is 1.56. The Morgan fingerprint density at radius 3 is 0.957 bits per heavy atom. The molecule has 2 aliphatic heterocycles. The number of fused-ring (bicyclic) bond motifs is 4. The summed E-state index contributed by atoms with van der Waals surface area (Å²) in [6.07, 6.45) is 0. The van der Waals surface area contributed by atoms with Crippen molar-refractivity contribution in [2.24, 2.45) is 0 Å². The molecule has 0 atom stereocenters. The Morgan fingerprint density at radius 2 is 0.652 bits per heavy atom. The van der Waals surface area contributed by atoms with Crippen molar-refractivity contribution < 1.29 is 609 Å². The van der Waals surface area contributed by atoms with Crippen LogP contribution in [0.4, 0.5) is 34.1 Å². The summed E-state index contributed by atoms with van der Waals surface area (Å²) in [5.74, 6) is 5.43. The Kier molecular flexibility index (Phi) is 25.6. The third-order valence-electron chi connectivity index (χ3n) is 12.0. The molecule has 186 valence electrons. The summed E-state index contributed by atoms with van der Waals surface area (Å²) in [5, 5.41) is 0. The van der Waals surface area contributed by atoms with E-state index in [2.05, 4.69) is 26.7 Å². The van der Waals surface area contributed by atoms with Crippen molar-refractivity contribution in [2.75, 3.05) is 12.8 Å². The summed E-state index contributed by atoms with van der Waals surface area (Å²) in [6.45, 7) is 4.88. The molecule has 4 aromatic rings. The van der Waals surface area contributed by atoms with Crippen LogP contribution < -0.4 is 22.5 Å². The molecule has 0 radical (unpaired) electrons. The van der Waals surface area contributed by atoms with Crippen LogP contribution >= 0.6 is 0 Å². The van der Waals surface area contributed by atoms with Crippen molar-refractivity contribution in [1.82, 2.24) is 0 Å². The van der Waals surface area contributed by atoms with Gasteiger partial charge in [-0.15, -0.1) is 0 Å². The normalized spacial score (nSPS) is 12.5. The molecule has 0 unspecified atom stereocenters. The van der Waals surface area contributed by atoms with Crippen molar-refractivity contribution >= 4 is 41.4 Å². The molecule has 0 aliphatic carbocycles. The third-order valence-corrected chi connectivity index (χ3v) is 147. The van der Waals surface area contributed by atoms with E-state index in [1.807, 2.05) is 2.42 Å². The van der Waals surface area contributed by atoms with Gasteiger partial charge >= 0.3 is 712 Å². The van der Waals surface area contributed by atoms with Gasteiger partial charge in [-0.1, -0.05) is 0 Å². The maximum atomic E-state index is 7.30. The molecule has 0 amide bonds. The van der Waals surface area contributed by atoms with Gasteiger partial charge in [-0.3, -0.25) is 0 Å². The number of nitrogens with zero attached hydrogens (tertiary/aromatic N) is 3. The number of anilines is 6. The van der Waals surface area contributed by atoms with E-state index in [4.69, 9.17) is 9.47 Å². The van der Waals surface area contributed by atoms with Gasteiger partial charge in [-0.25, -0.2) is 0 Å². The number of ether oxygens (including phenoxy) is 2. The van der Waals surface area contributed by atoms with Crippen LogP contribution in [-0.2, 0) is 0 Å². The molecular weight excluding hydrogens is 3560 g/mol. The molecule has 19 heteroatoms. The van der Waals surface area contributed by atoms with Crippen LogP contribution in [0.3, 0.4) is 0 Å². The summed E-state index contributed by atoms with van der Waals surface area (Å²) >= 11 is 3.80. The summed E-state index contributed by atoms with van der Waals surface area (Å²) in [6, 6.07) is 0. The zero-order chi connectivity index (χ0) is 34.0. The second-order valence-corrected chi connectivity index (χ2v) is 70.7. The summed E-state index contributed by atoms with van der Waals surface area (Å²) in [5.41, 5.74) is 13.1. The van der Waals surface area contributed by atoms with Crippen LogP contribution in [0.1, 0.15) is 11.1 Å². The SMILES string of the molecule is Cc1[c]([RaH])[c]([RaH])c2c([c]1[RaH])Oc1[c]([RaH])c(N(C)c3[c]([RaH])[c]([RaH])c4c([c]3[RaH])Oc3[c]([RaH])c(C)[c]([RaH])[c]([RaH])c3[N]4[RaH])[c]([RaH])[c]([RaH])c1[N]2[RaH]. The minimum atomic E-state index is 0.146. The Bertz CT molecular complexity index is 1930. The topological polar surface area (TPSA) is 28.2 Å². The van der Waals surface area contributed by atoms with Crippen LogP contribution in [0.15, 0.2) is 0 Å². The molecule has 0 fully saturated rings. The van der Waals surface area contributed by atoms with Crippen molar-refractivity contribution in [2.45, 2.75) is 13.8 Å². The van der Waals surface area contributed by atoms with E-state index in [9.17, 15) is 0 Å². The summed E-state index contributed by atoms with van der Waals surface area (Å²) < 4.78 is 41.6. The minimum absolute atomic E-state index is 0.146. The van der Waals surface area contributed by atoms with E-state index in [1.165, 1.54) is 23.0 Å². The first-order valence-electron chi connectivity index (χ1n) is 16.5. The van der Waals surface area contributed by atoms with Crippen LogP contribution in [-0.4, -0.2) is 7.05 Å². The van der Waals surface area contributed by atoms with Crippen LogP contribution in [0.2, 0.25) is 0 Å². The molecule has 0 N–H and O–H groups in total. The van der Waals surface area contributed by atoms with E-state index in [0.29, 0.717) is 171 Å². The second kappa shape index (κ2) is 22.7. The Morgan fingerprint density at radius 1 is 0.391 bits per heavy atom. The molecule has 5 nitrogen and oxygen atoms in total. The fourth-order valence-electron chi connectivity index (χ4n) is 8.36. The summed E-state index contributed by atoms with van der Waals surface area (Å²) in [4.78, 5) is 2.79. The maximum absolute atomic E-state index is 7.30. The van der Waals surface area contributed by atoms with E-state index in [0.717, 1.165) is 0 Å². The molecular formula is C27H23N3O2Ra14. The monoisotopic (exact) mass is 3590 g/mol. The predicted molar refractivity (Wildman–Crippen MR) is 143 cm³/mol. The van der Waals surface area contributed by atoms with Crippen molar-refractivity contribution in [3.8, 4) is 23.0 Å². The third kappa shape index (κ3) is 10.2. The van der Waals surface area contributed by atoms with Gasteiger partial charge in [0.15, 0.2) is 0 Å². The van der Waals surface area contributed by atoms with Crippen LogP contribution in [0.5, 0.6) is 23.0 Å². The molecule has 46 heavy (non-hydrogen) atoms. The fourth-order valence-corrected chi connectivity index (χ4v) is 123. The molecule has 0 saturated heterocycles. The number of hydrogen-bond donors (Lipinski definition) is 0. The zero-order valence-electron chi connectivity index (χ0n) is 31.2. The summed E-state index contributed by atoms with van der Waals surface area (Å²) in [7, 11) is 2.49. The second-order valence-electron chi connectivity index (χ2n) is 14.0. The van der Waals surface area contributed by atoms with Gasteiger partial charge in [0.1, 0.15) is 0 Å². The van der Waals surface area contributed by atoms with Gasteiger partial charge in [0.2, 0.25) is 0 Å². The number of benzene rings is 4. The average molecular weight is 3590 g/mol. The van der Waals surface area contributed by atoms with Crippen LogP contribution in [0, 0.1) is 614 Å². The van der Waals surface area contributed by atoms with Gasteiger partial charge in [-0.2, -0.15) is 0 Å². The van der Waals surface area contributed by atoms with Gasteiger partial charge in [0, 0.05) is 0 Å². The van der Waals surface area contributed by atoms with E-state index >= 15 is 0 Å². The first-order valence-corrected chi connectivity index (χ1v) is 73.2. The molecule has 6 rings (SSSR count). The number of rotatable bonds is 2. The molecule has 0 bridgehead atoms. The van der Waals surface area contributed by atoms with Gasteiger partial charge < -0.3 is 0 Å². The molecule has 0 spiro atoms. The van der Waals surface area contributed by atoms with E-state index < -0.39 is 0 Å². The molecule has 0 saturated carbocycles. The fraction of sp³-hybridized carbons (Fsp3) is 0.111. The first kappa shape index (κ1) is 51.8. The van der Waals surface area contributed by atoms with Crippen LogP contribution in [0.25, 0.3) is 0 Å². The first-order chi connectivity index (χ1) is 21.4. The Labute approximate surface area is 682 Å².